The fraction of sp³-hybridized carbons (Fsp3) is 0.0488. The molecule has 9 rings (SSSR count). The monoisotopic (exact) mass is 611 g/mol. The number of aromatic nitrogens is 3. The van der Waals surface area contributed by atoms with Crippen molar-refractivity contribution in [1.29, 1.82) is 0 Å². The van der Waals surface area contributed by atoms with Gasteiger partial charge in [-0.05, 0) is 76.2 Å². The van der Waals surface area contributed by atoms with Gasteiger partial charge in [-0.15, -0.1) is 0 Å². The molecule has 1 aliphatic rings. The summed E-state index contributed by atoms with van der Waals surface area (Å²) in [6.07, 6.45) is 6.36. The Bertz CT molecular complexity index is 2500. The number of hydrogen-bond acceptors (Lipinski definition) is 4. The molecule has 1 aliphatic carbocycles. The van der Waals surface area contributed by atoms with E-state index in [0.717, 1.165) is 68.0 Å². The minimum atomic E-state index is 0.652. The Morgan fingerprint density at radius 3 is 2.24 bits per heavy atom. The summed E-state index contributed by atoms with van der Waals surface area (Å²) >= 11 is 6.32. The third kappa shape index (κ3) is 4.49. The first-order chi connectivity index (χ1) is 22.7. The van der Waals surface area contributed by atoms with Crippen LogP contribution in [0.3, 0.4) is 0 Å². The average Bonchev–Trinajstić information content (AvgIpc) is 3.49. The van der Waals surface area contributed by atoms with Crippen molar-refractivity contribution in [2.45, 2.75) is 12.8 Å². The van der Waals surface area contributed by atoms with E-state index in [1.807, 2.05) is 48.5 Å². The van der Waals surface area contributed by atoms with Gasteiger partial charge >= 0.3 is 0 Å². The molecular formula is C41H26ClN3O. The molecule has 0 saturated heterocycles. The van der Waals surface area contributed by atoms with Gasteiger partial charge in [0.1, 0.15) is 11.2 Å². The number of rotatable bonds is 4. The van der Waals surface area contributed by atoms with E-state index in [1.54, 1.807) is 0 Å². The Hall–Kier alpha value is -5.58. The van der Waals surface area contributed by atoms with Crippen molar-refractivity contribution in [3.05, 3.63) is 144 Å². The quantitative estimate of drug-likeness (QED) is 0.199. The normalized spacial score (nSPS) is 12.6. The second-order valence-corrected chi connectivity index (χ2v) is 12.1. The van der Waals surface area contributed by atoms with E-state index in [9.17, 15) is 0 Å². The van der Waals surface area contributed by atoms with Crippen molar-refractivity contribution in [3.63, 3.8) is 0 Å². The van der Waals surface area contributed by atoms with Crippen LogP contribution in [0, 0.1) is 0 Å². The van der Waals surface area contributed by atoms with Crippen LogP contribution in [0.25, 0.3) is 84.1 Å². The van der Waals surface area contributed by atoms with Crippen LogP contribution in [0.1, 0.15) is 17.5 Å². The molecule has 0 fully saturated rings. The van der Waals surface area contributed by atoms with Gasteiger partial charge in [-0.2, -0.15) is 0 Å². The van der Waals surface area contributed by atoms with Crippen molar-refractivity contribution in [2.24, 2.45) is 0 Å². The number of nitrogens with zero attached hydrogens (tertiary/aromatic N) is 3. The summed E-state index contributed by atoms with van der Waals surface area (Å²) in [5.41, 5.74) is 9.31. The van der Waals surface area contributed by atoms with Gasteiger partial charge in [0.05, 0.1) is 0 Å². The fourth-order valence-electron chi connectivity index (χ4n) is 6.69. The van der Waals surface area contributed by atoms with E-state index < -0.39 is 0 Å². The molecule has 4 nitrogen and oxygen atoms in total. The van der Waals surface area contributed by atoms with Crippen molar-refractivity contribution in [3.8, 4) is 45.3 Å². The minimum absolute atomic E-state index is 0.652. The zero-order valence-corrected chi connectivity index (χ0v) is 25.5. The summed E-state index contributed by atoms with van der Waals surface area (Å²) in [6, 6.07) is 41.4. The molecule has 218 valence electrons. The molecule has 5 heteroatoms. The zero-order chi connectivity index (χ0) is 30.6. The first-order valence-electron chi connectivity index (χ1n) is 15.4. The molecule has 0 spiro atoms. The lowest BCUT2D eigenvalue weighted by Gasteiger charge is -2.20. The van der Waals surface area contributed by atoms with Crippen molar-refractivity contribution >= 4 is 50.4 Å². The van der Waals surface area contributed by atoms with Gasteiger partial charge in [-0.1, -0.05) is 109 Å². The molecule has 0 radical (unpaired) electrons. The Morgan fingerprint density at radius 1 is 0.565 bits per heavy atom. The van der Waals surface area contributed by atoms with E-state index in [2.05, 4.69) is 84.9 Å². The number of allylic oxidation sites excluding steroid dienone is 1. The van der Waals surface area contributed by atoms with Gasteiger partial charge in [-0.25, -0.2) is 15.0 Å². The number of benzene rings is 6. The molecular weight excluding hydrogens is 586 g/mol. The molecule has 0 unspecified atom stereocenters. The number of hydrogen-bond donors (Lipinski definition) is 0. The van der Waals surface area contributed by atoms with E-state index in [1.165, 1.54) is 16.5 Å². The highest BCUT2D eigenvalue weighted by Gasteiger charge is 2.22. The highest BCUT2D eigenvalue weighted by Crippen LogP contribution is 2.42. The lowest BCUT2D eigenvalue weighted by atomic mass is 9.85. The number of furan rings is 1. The molecule has 0 amide bonds. The lowest BCUT2D eigenvalue weighted by Crippen LogP contribution is -2.05. The molecule has 2 aromatic heterocycles. The van der Waals surface area contributed by atoms with Crippen LogP contribution < -0.4 is 0 Å². The van der Waals surface area contributed by atoms with E-state index in [4.69, 9.17) is 31.0 Å². The van der Waals surface area contributed by atoms with Crippen LogP contribution in [-0.4, -0.2) is 15.0 Å². The topological polar surface area (TPSA) is 51.8 Å². The van der Waals surface area contributed by atoms with Crippen LogP contribution in [-0.2, 0) is 6.42 Å². The molecule has 0 saturated carbocycles. The Balaban J connectivity index is 1.26. The second-order valence-electron chi connectivity index (χ2n) is 11.6. The predicted octanol–water partition coefficient (Wildman–Crippen LogP) is 11.2. The Kier molecular flexibility index (Phi) is 6.29. The van der Waals surface area contributed by atoms with Gasteiger partial charge in [0.25, 0.3) is 0 Å². The summed E-state index contributed by atoms with van der Waals surface area (Å²) in [7, 11) is 0. The first-order valence-corrected chi connectivity index (χ1v) is 15.8. The number of fused-ring (bicyclic) bond motifs is 5. The van der Waals surface area contributed by atoms with Crippen LogP contribution in [0.5, 0.6) is 0 Å². The minimum Gasteiger partial charge on any atom is -0.456 e. The summed E-state index contributed by atoms with van der Waals surface area (Å²) in [6.45, 7) is 0. The molecule has 2 heterocycles. The molecule has 0 N–H and O–H groups in total. The Morgan fingerprint density at radius 2 is 1.35 bits per heavy atom. The van der Waals surface area contributed by atoms with Crippen molar-refractivity contribution < 1.29 is 4.42 Å². The summed E-state index contributed by atoms with van der Waals surface area (Å²) in [5.74, 6) is 1.97. The zero-order valence-electron chi connectivity index (χ0n) is 24.7. The SMILES string of the molecule is Clc1ccc2c(c1)oc1cccc(-c3ccc(-c4nc(-c5ccccc5)nc(-c5ccc6ccccc6c5)n4)c4c3CCC=C4)c12. The smallest absolute Gasteiger partial charge is 0.164 e. The highest BCUT2D eigenvalue weighted by atomic mass is 35.5. The standard InChI is InChI=1S/C41H26ClN3O/c42-29-19-20-35-37(24-29)46-36-16-8-15-33(38(35)36)32-21-22-34(31-14-7-6-13-30(31)32)41-44-39(26-10-2-1-3-11-26)43-40(45-41)28-18-17-25-9-4-5-12-27(25)23-28/h1-5,7-12,14-24H,6,13H2. The molecule has 6 aromatic carbocycles. The Labute approximate surface area is 270 Å². The van der Waals surface area contributed by atoms with E-state index >= 15 is 0 Å². The largest absolute Gasteiger partial charge is 0.456 e. The lowest BCUT2D eigenvalue weighted by molar-refractivity contribution is 0.669. The van der Waals surface area contributed by atoms with E-state index in [-0.39, 0.29) is 0 Å². The number of halogens is 1. The summed E-state index contributed by atoms with van der Waals surface area (Å²) < 4.78 is 6.24. The highest BCUT2D eigenvalue weighted by molar-refractivity contribution is 6.31. The molecule has 0 aliphatic heterocycles. The predicted molar refractivity (Wildman–Crippen MR) is 189 cm³/mol. The fourth-order valence-corrected chi connectivity index (χ4v) is 6.86. The van der Waals surface area contributed by atoms with E-state index in [0.29, 0.717) is 22.5 Å². The van der Waals surface area contributed by atoms with Crippen LogP contribution in [0.2, 0.25) is 5.02 Å². The maximum Gasteiger partial charge on any atom is 0.164 e. The van der Waals surface area contributed by atoms with Gasteiger partial charge in [0.15, 0.2) is 17.5 Å². The van der Waals surface area contributed by atoms with Crippen LogP contribution >= 0.6 is 11.6 Å². The summed E-state index contributed by atoms with van der Waals surface area (Å²) in [5, 5.41) is 5.15. The van der Waals surface area contributed by atoms with Crippen LogP contribution in [0.15, 0.2) is 132 Å². The van der Waals surface area contributed by atoms with Gasteiger partial charge < -0.3 is 4.42 Å². The van der Waals surface area contributed by atoms with Crippen molar-refractivity contribution in [1.82, 2.24) is 15.0 Å². The first kappa shape index (κ1) is 26.8. The molecule has 8 aromatic rings. The van der Waals surface area contributed by atoms with Gasteiger partial charge in [-0.3, -0.25) is 0 Å². The maximum atomic E-state index is 6.32. The molecule has 0 atom stereocenters. The van der Waals surface area contributed by atoms with Gasteiger partial charge in [0, 0.05) is 38.6 Å². The van der Waals surface area contributed by atoms with Crippen molar-refractivity contribution in [2.75, 3.05) is 0 Å². The molecule has 0 bridgehead atoms. The van der Waals surface area contributed by atoms with Gasteiger partial charge in [0.2, 0.25) is 0 Å². The average molecular weight is 612 g/mol. The maximum absolute atomic E-state index is 6.32. The molecule has 46 heavy (non-hydrogen) atoms. The summed E-state index contributed by atoms with van der Waals surface area (Å²) in [4.78, 5) is 15.2. The second kappa shape index (κ2) is 10.8. The van der Waals surface area contributed by atoms with Crippen LogP contribution in [0.4, 0.5) is 0 Å². The third-order valence-electron chi connectivity index (χ3n) is 8.87. The third-order valence-corrected chi connectivity index (χ3v) is 9.10.